The smallest absolute Gasteiger partial charge is 0.264 e. The van der Waals surface area contributed by atoms with Crippen LogP contribution in [0.15, 0.2) is 71.6 Å². The second-order valence-corrected chi connectivity index (χ2v) is 11.8. The summed E-state index contributed by atoms with van der Waals surface area (Å²) in [6, 6.07) is 17.0. The summed E-state index contributed by atoms with van der Waals surface area (Å²) < 4.78 is 34.0. The molecule has 0 heterocycles. The molecule has 0 aliphatic carbocycles. The number of likely N-dealkylation sites (N-methyl/N-ethyl adjacent to an activating group) is 1. The maximum atomic E-state index is 14.0. The third kappa shape index (κ3) is 7.47. The van der Waals surface area contributed by atoms with Crippen LogP contribution in [0.2, 0.25) is 10.0 Å². The molecular formula is C29H33Cl2N3O5S. The second-order valence-electron chi connectivity index (χ2n) is 9.11. The van der Waals surface area contributed by atoms with Crippen molar-refractivity contribution in [2.24, 2.45) is 0 Å². The molecule has 0 bridgehead atoms. The number of rotatable bonds is 12. The van der Waals surface area contributed by atoms with Gasteiger partial charge < -0.3 is 15.0 Å². The molecule has 0 aromatic heterocycles. The van der Waals surface area contributed by atoms with Gasteiger partial charge in [-0.05, 0) is 68.3 Å². The van der Waals surface area contributed by atoms with E-state index >= 15 is 0 Å². The maximum absolute atomic E-state index is 14.0. The number of nitrogens with zero attached hydrogens (tertiary/aromatic N) is 2. The first-order chi connectivity index (χ1) is 19.0. The van der Waals surface area contributed by atoms with Crippen LogP contribution in [0.25, 0.3) is 0 Å². The van der Waals surface area contributed by atoms with Gasteiger partial charge >= 0.3 is 0 Å². The summed E-state index contributed by atoms with van der Waals surface area (Å²) in [5.41, 5.74) is 1.80. The molecular weight excluding hydrogens is 573 g/mol. The first kappa shape index (κ1) is 31.3. The molecule has 3 aromatic carbocycles. The second kappa shape index (κ2) is 13.9. The van der Waals surface area contributed by atoms with Crippen molar-refractivity contribution in [1.82, 2.24) is 10.2 Å². The van der Waals surface area contributed by atoms with Crippen molar-refractivity contribution in [2.75, 3.05) is 24.5 Å². The first-order valence-electron chi connectivity index (χ1n) is 12.8. The van der Waals surface area contributed by atoms with E-state index in [2.05, 4.69) is 5.32 Å². The highest BCUT2D eigenvalue weighted by molar-refractivity contribution is 7.92. The van der Waals surface area contributed by atoms with Crippen molar-refractivity contribution in [3.63, 3.8) is 0 Å². The van der Waals surface area contributed by atoms with Crippen LogP contribution in [-0.4, -0.2) is 51.4 Å². The zero-order valence-corrected chi connectivity index (χ0v) is 25.2. The molecule has 1 unspecified atom stereocenters. The zero-order valence-electron chi connectivity index (χ0n) is 22.9. The molecule has 3 rings (SSSR count). The normalized spacial score (nSPS) is 11.9. The van der Waals surface area contributed by atoms with Gasteiger partial charge in [-0.1, -0.05) is 60.0 Å². The lowest BCUT2D eigenvalue weighted by Gasteiger charge is -2.33. The number of hydrogen-bond acceptors (Lipinski definition) is 5. The standard InChI is InChI=1S/C29H33Cl2N3O5S/c1-5-27(29(36)32-6-2)33(18-21-9-12-23(39-4)13-10-21)28(35)19-34(22-11-16-25(30)26(31)17-22)40(37,38)24-14-7-20(3)8-15-24/h7-17,27H,5-6,18-19H2,1-4H3,(H,32,36). The van der Waals surface area contributed by atoms with Gasteiger partial charge in [0, 0.05) is 13.1 Å². The van der Waals surface area contributed by atoms with Gasteiger partial charge in [0.25, 0.3) is 10.0 Å². The van der Waals surface area contributed by atoms with E-state index in [1.807, 2.05) is 6.92 Å². The van der Waals surface area contributed by atoms with E-state index in [0.717, 1.165) is 15.4 Å². The van der Waals surface area contributed by atoms with Crippen LogP contribution in [0, 0.1) is 6.92 Å². The molecule has 40 heavy (non-hydrogen) atoms. The lowest BCUT2D eigenvalue weighted by atomic mass is 10.1. The van der Waals surface area contributed by atoms with E-state index in [9.17, 15) is 18.0 Å². The fourth-order valence-corrected chi connectivity index (χ4v) is 5.84. The van der Waals surface area contributed by atoms with E-state index < -0.39 is 28.5 Å². The Morgan fingerprint density at radius 3 is 2.15 bits per heavy atom. The molecule has 11 heteroatoms. The van der Waals surface area contributed by atoms with E-state index in [0.29, 0.717) is 18.7 Å². The third-order valence-corrected chi connectivity index (χ3v) is 8.86. The van der Waals surface area contributed by atoms with Gasteiger partial charge in [0.15, 0.2) is 0 Å². The quantitative estimate of drug-likeness (QED) is 0.296. The summed E-state index contributed by atoms with van der Waals surface area (Å²) in [4.78, 5) is 28.4. The van der Waals surface area contributed by atoms with Gasteiger partial charge in [-0.3, -0.25) is 13.9 Å². The number of aryl methyl sites for hydroxylation is 1. The fraction of sp³-hybridized carbons (Fsp3) is 0.310. The van der Waals surface area contributed by atoms with Crippen molar-refractivity contribution < 1.29 is 22.7 Å². The maximum Gasteiger partial charge on any atom is 0.264 e. The lowest BCUT2D eigenvalue weighted by molar-refractivity contribution is -0.140. The van der Waals surface area contributed by atoms with E-state index in [-0.39, 0.29) is 33.1 Å². The molecule has 1 atom stereocenters. The van der Waals surface area contributed by atoms with E-state index in [1.54, 1.807) is 57.4 Å². The van der Waals surface area contributed by atoms with Crippen LogP contribution in [0.5, 0.6) is 5.75 Å². The van der Waals surface area contributed by atoms with E-state index in [4.69, 9.17) is 27.9 Å². The number of sulfonamides is 1. The van der Waals surface area contributed by atoms with Crippen LogP contribution in [0.4, 0.5) is 5.69 Å². The number of methoxy groups -OCH3 is 1. The summed E-state index contributed by atoms with van der Waals surface area (Å²) in [5.74, 6) is -0.239. The number of benzene rings is 3. The molecule has 0 aliphatic rings. The average Bonchev–Trinajstić information content (AvgIpc) is 2.93. The van der Waals surface area contributed by atoms with Gasteiger partial charge in [0.1, 0.15) is 18.3 Å². The summed E-state index contributed by atoms with van der Waals surface area (Å²) in [6.07, 6.45) is 0.325. The number of halogens is 2. The predicted octanol–water partition coefficient (Wildman–Crippen LogP) is 5.45. The number of nitrogens with one attached hydrogen (secondary N) is 1. The van der Waals surface area contributed by atoms with Crippen LogP contribution in [-0.2, 0) is 26.2 Å². The molecule has 3 aromatic rings. The van der Waals surface area contributed by atoms with Crippen LogP contribution in [0.3, 0.4) is 0 Å². The molecule has 0 fully saturated rings. The van der Waals surface area contributed by atoms with Gasteiger partial charge in [0.05, 0.1) is 27.7 Å². The number of hydrogen-bond donors (Lipinski definition) is 1. The molecule has 0 radical (unpaired) electrons. The van der Waals surface area contributed by atoms with Crippen molar-refractivity contribution in [1.29, 1.82) is 0 Å². The zero-order chi connectivity index (χ0) is 29.4. The largest absolute Gasteiger partial charge is 0.497 e. The minimum absolute atomic E-state index is 0.00874. The number of carbonyl (C=O) groups is 2. The predicted molar refractivity (Wildman–Crippen MR) is 158 cm³/mol. The Bertz CT molecular complexity index is 1430. The summed E-state index contributed by atoms with van der Waals surface area (Å²) in [6.45, 7) is 5.34. The van der Waals surface area contributed by atoms with Crippen molar-refractivity contribution >= 4 is 50.7 Å². The molecule has 2 amide bonds. The van der Waals surface area contributed by atoms with Crippen LogP contribution in [0.1, 0.15) is 31.4 Å². The fourth-order valence-electron chi connectivity index (χ4n) is 4.15. The molecule has 8 nitrogen and oxygen atoms in total. The average molecular weight is 607 g/mol. The van der Waals surface area contributed by atoms with Crippen LogP contribution >= 0.6 is 23.2 Å². The molecule has 0 saturated heterocycles. The number of ether oxygens (including phenoxy) is 1. The molecule has 0 aliphatic heterocycles. The minimum Gasteiger partial charge on any atom is -0.497 e. The highest BCUT2D eigenvalue weighted by atomic mass is 35.5. The highest BCUT2D eigenvalue weighted by Crippen LogP contribution is 2.31. The van der Waals surface area contributed by atoms with Crippen molar-refractivity contribution in [2.45, 2.75) is 44.7 Å². The van der Waals surface area contributed by atoms with Crippen molar-refractivity contribution in [3.8, 4) is 5.75 Å². The minimum atomic E-state index is -4.21. The number of carbonyl (C=O) groups excluding carboxylic acids is 2. The Morgan fingerprint density at radius 2 is 1.60 bits per heavy atom. The highest BCUT2D eigenvalue weighted by Gasteiger charge is 2.33. The Kier molecular flexibility index (Phi) is 10.8. The summed E-state index contributed by atoms with van der Waals surface area (Å²) in [5, 5.41) is 3.16. The van der Waals surface area contributed by atoms with Gasteiger partial charge in [0.2, 0.25) is 11.8 Å². The number of anilines is 1. The van der Waals surface area contributed by atoms with E-state index in [1.165, 1.54) is 35.2 Å². The molecule has 0 saturated carbocycles. The summed E-state index contributed by atoms with van der Waals surface area (Å²) >= 11 is 12.3. The Balaban J connectivity index is 2.07. The van der Waals surface area contributed by atoms with Crippen LogP contribution < -0.4 is 14.4 Å². The van der Waals surface area contributed by atoms with Gasteiger partial charge in [-0.25, -0.2) is 8.42 Å². The summed E-state index contributed by atoms with van der Waals surface area (Å²) in [7, 11) is -2.65. The van der Waals surface area contributed by atoms with Crippen molar-refractivity contribution in [3.05, 3.63) is 87.9 Å². The Labute approximate surface area is 245 Å². The third-order valence-electron chi connectivity index (χ3n) is 6.33. The Hall–Kier alpha value is -3.27. The number of amides is 2. The first-order valence-corrected chi connectivity index (χ1v) is 15.0. The molecule has 1 N–H and O–H groups in total. The monoisotopic (exact) mass is 605 g/mol. The molecule has 214 valence electrons. The molecule has 0 spiro atoms. The SMILES string of the molecule is CCNC(=O)C(CC)N(Cc1ccc(OC)cc1)C(=O)CN(c1ccc(Cl)c(Cl)c1)S(=O)(=O)c1ccc(C)cc1. The Morgan fingerprint density at radius 1 is 0.950 bits per heavy atom. The lowest BCUT2D eigenvalue weighted by Crippen LogP contribution is -2.52. The van der Waals surface area contributed by atoms with Gasteiger partial charge in [-0.2, -0.15) is 0 Å². The van der Waals surface area contributed by atoms with Gasteiger partial charge in [-0.15, -0.1) is 0 Å². The topological polar surface area (TPSA) is 96.0 Å².